The second-order valence-corrected chi connectivity index (χ2v) is 5.99. The molecule has 1 aromatic carbocycles. The van der Waals surface area contributed by atoms with E-state index in [0.29, 0.717) is 13.1 Å². The third kappa shape index (κ3) is 3.85. The average Bonchev–Trinajstić information content (AvgIpc) is 3.04. The maximum Gasteiger partial charge on any atom is 0.254 e. The molecule has 1 heterocycles. The number of anilines is 1. The van der Waals surface area contributed by atoms with Crippen LogP contribution in [0.4, 0.5) is 5.69 Å². The molecule has 0 unspecified atom stereocenters. The Kier molecular flexibility index (Phi) is 5.39. The number of rotatable bonds is 6. The van der Waals surface area contributed by atoms with E-state index >= 15 is 0 Å². The monoisotopic (exact) mass is 302 g/mol. The Labute approximate surface area is 130 Å². The number of thiophene rings is 1. The number of hydrogen-bond donors (Lipinski definition) is 0. The molecule has 112 valence electrons. The molecule has 4 heteroatoms. The summed E-state index contributed by atoms with van der Waals surface area (Å²) >= 11 is 1.69. The summed E-state index contributed by atoms with van der Waals surface area (Å²) < 4.78 is 0. The molecule has 2 aromatic rings. The minimum atomic E-state index is 0.0941. The molecule has 0 atom stereocenters. The fraction of sp³-hybridized carbons (Fsp3) is 0.353. The van der Waals surface area contributed by atoms with Gasteiger partial charge < -0.3 is 9.80 Å². The molecule has 1 amide bonds. The number of nitrogens with zero attached hydrogens (tertiary/aromatic N) is 2. The first-order chi connectivity index (χ1) is 10.2. The SMILES string of the molecule is CCN(Cc1cccs1)C(=O)c1ccc(N(C)CC)cc1. The van der Waals surface area contributed by atoms with Gasteiger partial charge in [-0.3, -0.25) is 4.79 Å². The van der Waals surface area contributed by atoms with Crippen LogP contribution in [-0.2, 0) is 6.54 Å². The van der Waals surface area contributed by atoms with Crippen LogP contribution < -0.4 is 4.90 Å². The van der Waals surface area contributed by atoms with Crippen molar-refractivity contribution in [2.75, 3.05) is 25.0 Å². The number of carbonyl (C=O) groups excluding carboxylic acids is 1. The lowest BCUT2D eigenvalue weighted by Gasteiger charge is -2.21. The molecule has 21 heavy (non-hydrogen) atoms. The average molecular weight is 302 g/mol. The van der Waals surface area contributed by atoms with Crippen LogP contribution in [-0.4, -0.2) is 30.9 Å². The van der Waals surface area contributed by atoms with E-state index in [1.54, 1.807) is 11.3 Å². The predicted octanol–water partition coefficient (Wildman–Crippen LogP) is 3.87. The Balaban J connectivity index is 2.10. The highest BCUT2D eigenvalue weighted by molar-refractivity contribution is 7.09. The van der Waals surface area contributed by atoms with E-state index < -0.39 is 0 Å². The Hall–Kier alpha value is -1.81. The largest absolute Gasteiger partial charge is 0.375 e. The van der Waals surface area contributed by atoms with E-state index in [2.05, 4.69) is 17.9 Å². The van der Waals surface area contributed by atoms with Crippen LogP contribution in [0.1, 0.15) is 29.1 Å². The molecule has 0 aliphatic carbocycles. The molecule has 0 aliphatic rings. The number of hydrogen-bond acceptors (Lipinski definition) is 3. The highest BCUT2D eigenvalue weighted by Gasteiger charge is 2.15. The second-order valence-electron chi connectivity index (χ2n) is 4.96. The summed E-state index contributed by atoms with van der Waals surface area (Å²) in [7, 11) is 2.05. The molecule has 0 saturated carbocycles. The second kappa shape index (κ2) is 7.27. The van der Waals surface area contributed by atoms with Crippen molar-refractivity contribution in [3.05, 3.63) is 52.2 Å². The van der Waals surface area contributed by atoms with E-state index in [9.17, 15) is 4.79 Å². The van der Waals surface area contributed by atoms with E-state index in [-0.39, 0.29) is 5.91 Å². The van der Waals surface area contributed by atoms with E-state index in [1.165, 1.54) is 4.88 Å². The van der Waals surface area contributed by atoms with E-state index in [1.807, 2.05) is 54.6 Å². The standard InChI is InChI=1S/C17H22N2OS/c1-4-18(3)15-10-8-14(9-11-15)17(20)19(5-2)13-16-7-6-12-21-16/h6-12H,4-5,13H2,1-3H3. The van der Waals surface area contributed by atoms with Crippen LogP contribution in [0.2, 0.25) is 0 Å². The fourth-order valence-corrected chi connectivity index (χ4v) is 2.86. The summed E-state index contributed by atoms with van der Waals surface area (Å²) in [4.78, 5) is 17.8. The van der Waals surface area contributed by atoms with Gasteiger partial charge in [0.15, 0.2) is 0 Å². The van der Waals surface area contributed by atoms with Crippen LogP contribution in [0, 0.1) is 0 Å². The molecule has 0 aliphatic heterocycles. The lowest BCUT2D eigenvalue weighted by atomic mass is 10.1. The Morgan fingerprint density at radius 3 is 2.33 bits per heavy atom. The summed E-state index contributed by atoms with van der Waals surface area (Å²) in [5.41, 5.74) is 1.89. The summed E-state index contributed by atoms with van der Waals surface area (Å²) in [6, 6.07) is 11.9. The molecule has 0 bridgehead atoms. The molecule has 0 spiro atoms. The highest BCUT2D eigenvalue weighted by atomic mass is 32.1. The zero-order valence-corrected chi connectivity index (χ0v) is 13.7. The van der Waals surface area contributed by atoms with Gasteiger partial charge in [-0.05, 0) is 49.6 Å². The Bertz CT molecular complexity index is 563. The normalized spacial score (nSPS) is 10.4. The smallest absolute Gasteiger partial charge is 0.254 e. The minimum Gasteiger partial charge on any atom is -0.375 e. The summed E-state index contributed by atoms with van der Waals surface area (Å²) in [5.74, 6) is 0.0941. The third-order valence-corrected chi connectivity index (χ3v) is 4.49. The Morgan fingerprint density at radius 2 is 1.81 bits per heavy atom. The molecule has 2 rings (SSSR count). The first kappa shape index (κ1) is 15.6. The van der Waals surface area contributed by atoms with Crippen molar-refractivity contribution >= 4 is 22.9 Å². The van der Waals surface area contributed by atoms with Gasteiger partial charge >= 0.3 is 0 Å². The van der Waals surface area contributed by atoms with Gasteiger partial charge in [-0.2, -0.15) is 0 Å². The van der Waals surface area contributed by atoms with Crippen molar-refractivity contribution in [2.45, 2.75) is 20.4 Å². The summed E-state index contributed by atoms with van der Waals surface area (Å²) in [5, 5.41) is 2.04. The van der Waals surface area contributed by atoms with Gasteiger partial charge in [-0.1, -0.05) is 6.07 Å². The van der Waals surface area contributed by atoms with Crippen molar-refractivity contribution in [1.82, 2.24) is 4.90 Å². The van der Waals surface area contributed by atoms with Crippen molar-refractivity contribution < 1.29 is 4.79 Å². The molecule has 0 radical (unpaired) electrons. The molecular formula is C17H22N2OS. The molecule has 0 N–H and O–H groups in total. The van der Waals surface area contributed by atoms with Crippen molar-refractivity contribution in [3.8, 4) is 0 Å². The molecule has 0 saturated heterocycles. The quantitative estimate of drug-likeness (QED) is 0.809. The van der Waals surface area contributed by atoms with E-state index in [0.717, 1.165) is 17.8 Å². The van der Waals surface area contributed by atoms with Gasteiger partial charge in [0.1, 0.15) is 0 Å². The van der Waals surface area contributed by atoms with Crippen molar-refractivity contribution in [3.63, 3.8) is 0 Å². The molecule has 0 fully saturated rings. The van der Waals surface area contributed by atoms with Crippen LogP contribution in [0.15, 0.2) is 41.8 Å². The molecular weight excluding hydrogens is 280 g/mol. The van der Waals surface area contributed by atoms with Crippen LogP contribution >= 0.6 is 11.3 Å². The number of carbonyl (C=O) groups is 1. The molecule has 3 nitrogen and oxygen atoms in total. The highest BCUT2D eigenvalue weighted by Crippen LogP contribution is 2.17. The minimum absolute atomic E-state index is 0.0941. The van der Waals surface area contributed by atoms with Crippen molar-refractivity contribution in [1.29, 1.82) is 0 Å². The lowest BCUT2D eigenvalue weighted by molar-refractivity contribution is 0.0754. The lowest BCUT2D eigenvalue weighted by Crippen LogP contribution is -2.30. The fourth-order valence-electron chi connectivity index (χ4n) is 2.14. The van der Waals surface area contributed by atoms with Crippen LogP contribution in [0.3, 0.4) is 0 Å². The topological polar surface area (TPSA) is 23.6 Å². The summed E-state index contributed by atoms with van der Waals surface area (Å²) in [6.07, 6.45) is 0. The first-order valence-corrected chi connectivity index (χ1v) is 8.16. The third-order valence-electron chi connectivity index (χ3n) is 3.63. The Morgan fingerprint density at radius 1 is 1.10 bits per heavy atom. The maximum atomic E-state index is 12.6. The molecule has 1 aromatic heterocycles. The first-order valence-electron chi connectivity index (χ1n) is 7.28. The van der Waals surface area contributed by atoms with Gasteiger partial charge in [-0.15, -0.1) is 11.3 Å². The van der Waals surface area contributed by atoms with Gasteiger partial charge in [0.2, 0.25) is 0 Å². The van der Waals surface area contributed by atoms with Crippen LogP contribution in [0.5, 0.6) is 0 Å². The van der Waals surface area contributed by atoms with Crippen LogP contribution in [0.25, 0.3) is 0 Å². The number of benzene rings is 1. The van der Waals surface area contributed by atoms with E-state index in [4.69, 9.17) is 0 Å². The van der Waals surface area contributed by atoms with Gasteiger partial charge in [0.25, 0.3) is 5.91 Å². The van der Waals surface area contributed by atoms with Gasteiger partial charge in [0.05, 0.1) is 6.54 Å². The summed E-state index contributed by atoms with van der Waals surface area (Å²) in [6.45, 7) is 6.48. The van der Waals surface area contributed by atoms with Crippen molar-refractivity contribution in [2.24, 2.45) is 0 Å². The zero-order chi connectivity index (χ0) is 15.2. The number of amides is 1. The van der Waals surface area contributed by atoms with Gasteiger partial charge in [0, 0.05) is 36.3 Å². The predicted molar refractivity (Wildman–Crippen MR) is 90.1 cm³/mol. The maximum absolute atomic E-state index is 12.6. The van der Waals surface area contributed by atoms with Gasteiger partial charge in [-0.25, -0.2) is 0 Å². The zero-order valence-electron chi connectivity index (χ0n) is 12.9.